The zero-order valence-electron chi connectivity index (χ0n) is 12.4. The van der Waals surface area contributed by atoms with Crippen molar-refractivity contribution >= 4 is 11.8 Å². The maximum Gasteiger partial charge on any atom is 0.246 e. The van der Waals surface area contributed by atoms with Gasteiger partial charge in [0.15, 0.2) is 0 Å². The van der Waals surface area contributed by atoms with Crippen LogP contribution in [-0.2, 0) is 9.59 Å². The van der Waals surface area contributed by atoms with Crippen LogP contribution in [0.2, 0.25) is 0 Å². The molecule has 0 spiro atoms. The molecule has 0 aliphatic carbocycles. The monoisotopic (exact) mass is 266 g/mol. The highest BCUT2D eigenvalue weighted by atomic mass is 16.2. The van der Waals surface area contributed by atoms with E-state index in [1.54, 1.807) is 0 Å². The van der Waals surface area contributed by atoms with Gasteiger partial charge in [0.2, 0.25) is 11.8 Å². The molecule has 2 fully saturated rings. The number of fused-ring (bicyclic) bond motifs is 1. The van der Waals surface area contributed by atoms with Gasteiger partial charge in [-0.25, -0.2) is 0 Å². The molecule has 2 amide bonds. The number of amides is 2. The first kappa shape index (κ1) is 14.4. The second kappa shape index (κ2) is 5.93. The van der Waals surface area contributed by atoms with Crippen molar-refractivity contribution in [2.45, 2.75) is 65.0 Å². The van der Waals surface area contributed by atoms with E-state index in [0.29, 0.717) is 5.92 Å². The summed E-state index contributed by atoms with van der Waals surface area (Å²) in [5.74, 6) is 1.01. The summed E-state index contributed by atoms with van der Waals surface area (Å²) in [5.41, 5.74) is 0. The number of carbonyl (C=O) groups is 2. The second-order valence-electron chi connectivity index (χ2n) is 6.18. The Labute approximate surface area is 116 Å². The molecule has 0 bridgehead atoms. The van der Waals surface area contributed by atoms with Gasteiger partial charge in [-0.3, -0.25) is 9.59 Å². The third-order valence-electron chi connectivity index (χ3n) is 4.33. The number of piperazine rings is 1. The molecule has 2 saturated heterocycles. The van der Waals surface area contributed by atoms with Gasteiger partial charge in [0, 0.05) is 13.1 Å². The van der Waals surface area contributed by atoms with Crippen LogP contribution in [-0.4, -0.2) is 46.8 Å². The van der Waals surface area contributed by atoms with Crippen molar-refractivity contribution in [3.05, 3.63) is 0 Å². The van der Waals surface area contributed by atoms with Gasteiger partial charge in [-0.1, -0.05) is 20.8 Å². The Kier molecular flexibility index (Phi) is 4.48. The van der Waals surface area contributed by atoms with Crippen molar-refractivity contribution in [1.29, 1.82) is 0 Å². The standard InChI is InChI=1S/C15H26N2O2/c1-4-12-14(18)17-10-6-8-13(17)15(19)16(12)9-5-7-11(2)3/h11-13H,4-10H2,1-3H3. The van der Waals surface area contributed by atoms with Crippen LogP contribution in [0, 0.1) is 5.92 Å². The fraction of sp³-hybridized carbons (Fsp3) is 0.867. The highest BCUT2D eigenvalue weighted by molar-refractivity contribution is 5.97. The van der Waals surface area contributed by atoms with Crippen molar-refractivity contribution in [1.82, 2.24) is 9.80 Å². The fourth-order valence-electron chi connectivity index (χ4n) is 3.29. The first-order valence-corrected chi connectivity index (χ1v) is 7.67. The first-order chi connectivity index (χ1) is 9.06. The number of rotatable bonds is 5. The quantitative estimate of drug-likeness (QED) is 0.764. The van der Waals surface area contributed by atoms with Crippen LogP contribution in [0.4, 0.5) is 0 Å². The number of nitrogens with zero attached hydrogens (tertiary/aromatic N) is 2. The van der Waals surface area contributed by atoms with Crippen molar-refractivity contribution in [3.8, 4) is 0 Å². The minimum Gasteiger partial charge on any atom is -0.329 e. The van der Waals surface area contributed by atoms with Crippen LogP contribution < -0.4 is 0 Å². The van der Waals surface area contributed by atoms with E-state index < -0.39 is 0 Å². The molecule has 2 aliphatic heterocycles. The number of hydrogen-bond acceptors (Lipinski definition) is 2. The SMILES string of the molecule is CCC1C(=O)N2CCCC2C(=O)N1CCCC(C)C. The molecule has 2 atom stereocenters. The van der Waals surface area contributed by atoms with Crippen LogP contribution in [0.5, 0.6) is 0 Å². The van der Waals surface area contributed by atoms with E-state index in [4.69, 9.17) is 0 Å². The van der Waals surface area contributed by atoms with Gasteiger partial charge in [-0.05, 0) is 38.0 Å². The van der Waals surface area contributed by atoms with Crippen molar-refractivity contribution in [2.24, 2.45) is 5.92 Å². The predicted octanol–water partition coefficient (Wildman–Crippen LogP) is 2.03. The van der Waals surface area contributed by atoms with E-state index in [9.17, 15) is 9.59 Å². The van der Waals surface area contributed by atoms with E-state index in [2.05, 4.69) is 13.8 Å². The minimum atomic E-state index is -0.214. The highest BCUT2D eigenvalue weighted by Crippen LogP contribution is 2.28. The summed E-state index contributed by atoms with van der Waals surface area (Å²) >= 11 is 0. The Balaban J connectivity index is 2.06. The van der Waals surface area contributed by atoms with Gasteiger partial charge in [-0.15, -0.1) is 0 Å². The largest absolute Gasteiger partial charge is 0.329 e. The summed E-state index contributed by atoms with van der Waals surface area (Å²) in [5, 5.41) is 0. The van der Waals surface area contributed by atoms with Crippen molar-refractivity contribution < 1.29 is 9.59 Å². The molecule has 2 rings (SSSR count). The molecule has 0 radical (unpaired) electrons. The van der Waals surface area contributed by atoms with Gasteiger partial charge in [0.05, 0.1) is 0 Å². The maximum absolute atomic E-state index is 12.5. The average Bonchev–Trinajstić information content (AvgIpc) is 2.84. The lowest BCUT2D eigenvalue weighted by Crippen LogP contribution is -2.62. The molecule has 4 heteroatoms. The van der Waals surface area contributed by atoms with Crippen LogP contribution in [0.15, 0.2) is 0 Å². The Morgan fingerprint density at radius 1 is 1.26 bits per heavy atom. The van der Waals surface area contributed by atoms with Crippen LogP contribution >= 0.6 is 0 Å². The lowest BCUT2D eigenvalue weighted by atomic mass is 10.0. The average molecular weight is 266 g/mol. The Morgan fingerprint density at radius 3 is 2.63 bits per heavy atom. The molecular weight excluding hydrogens is 240 g/mol. The highest BCUT2D eigenvalue weighted by Gasteiger charge is 2.46. The van der Waals surface area contributed by atoms with Crippen LogP contribution in [0.25, 0.3) is 0 Å². The molecule has 2 aliphatic rings. The second-order valence-corrected chi connectivity index (χ2v) is 6.18. The summed E-state index contributed by atoms with van der Waals surface area (Å²) in [4.78, 5) is 28.6. The molecule has 2 unspecified atom stereocenters. The van der Waals surface area contributed by atoms with Crippen molar-refractivity contribution in [3.63, 3.8) is 0 Å². The summed E-state index contributed by atoms with van der Waals surface area (Å²) in [7, 11) is 0. The van der Waals surface area contributed by atoms with Gasteiger partial charge in [-0.2, -0.15) is 0 Å². The third kappa shape index (κ3) is 2.77. The summed E-state index contributed by atoms with van der Waals surface area (Å²) in [6.07, 6.45) is 4.66. The van der Waals surface area contributed by atoms with Gasteiger partial charge < -0.3 is 9.80 Å². The van der Waals surface area contributed by atoms with E-state index in [1.165, 1.54) is 0 Å². The van der Waals surface area contributed by atoms with Gasteiger partial charge in [0.25, 0.3) is 0 Å². The predicted molar refractivity (Wildman–Crippen MR) is 74.6 cm³/mol. The zero-order valence-corrected chi connectivity index (χ0v) is 12.4. The molecular formula is C15H26N2O2. The molecule has 4 nitrogen and oxygen atoms in total. The summed E-state index contributed by atoms with van der Waals surface area (Å²) < 4.78 is 0. The Hall–Kier alpha value is -1.06. The molecule has 0 aromatic rings. The fourth-order valence-corrected chi connectivity index (χ4v) is 3.29. The molecule has 0 saturated carbocycles. The molecule has 19 heavy (non-hydrogen) atoms. The van der Waals surface area contributed by atoms with Gasteiger partial charge in [0.1, 0.15) is 12.1 Å². The third-order valence-corrected chi connectivity index (χ3v) is 4.33. The van der Waals surface area contributed by atoms with Gasteiger partial charge >= 0.3 is 0 Å². The van der Waals surface area contributed by atoms with Crippen LogP contribution in [0.3, 0.4) is 0 Å². The summed E-state index contributed by atoms with van der Waals surface area (Å²) in [6, 6.07) is -0.372. The smallest absolute Gasteiger partial charge is 0.246 e. The zero-order chi connectivity index (χ0) is 14.0. The topological polar surface area (TPSA) is 40.6 Å². The van der Waals surface area contributed by atoms with Crippen molar-refractivity contribution in [2.75, 3.05) is 13.1 Å². The minimum absolute atomic E-state index is 0.158. The lowest BCUT2D eigenvalue weighted by molar-refractivity contribution is -0.159. The summed E-state index contributed by atoms with van der Waals surface area (Å²) in [6.45, 7) is 7.90. The first-order valence-electron chi connectivity index (χ1n) is 7.67. The van der Waals surface area contributed by atoms with E-state index in [1.807, 2.05) is 16.7 Å². The van der Waals surface area contributed by atoms with Crippen LogP contribution in [0.1, 0.15) is 52.9 Å². The van der Waals surface area contributed by atoms with E-state index in [-0.39, 0.29) is 23.9 Å². The lowest BCUT2D eigenvalue weighted by Gasteiger charge is -2.42. The molecule has 2 heterocycles. The van der Waals surface area contributed by atoms with E-state index in [0.717, 1.165) is 45.2 Å². The maximum atomic E-state index is 12.5. The molecule has 0 aromatic heterocycles. The van der Waals surface area contributed by atoms with E-state index >= 15 is 0 Å². The number of carbonyl (C=O) groups excluding carboxylic acids is 2. The normalized spacial score (nSPS) is 27.4. The molecule has 0 aromatic carbocycles. The Bertz CT molecular complexity index is 354. The molecule has 108 valence electrons. The Morgan fingerprint density at radius 2 is 2.00 bits per heavy atom. The molecule has 0 N–H and O–H groups in total. The number of hydrogen-bond donors (Lipinski definition) is 0.